The summed E-state index contributed by atoms with van der Waals surface area (Å²) < 4.78 is -0.257. The molecule has 1 rings (SSSR count). The van der Waals surface area contributed by atoms with Crippen LogP contribution in [0, 0.1) is 5.41 Å². The highest BCUT2D eigenvalue weighted by molar-refractivity contribution is 9.10. The van der Waals surface area contributed by atoms with Gasteiger partial charge in [-0.1, -0.05) is 40.5 Å². The van der Waals surface area contributed by atoms with Crippen molar-refractivity contribution in [1.29, 1.82) is 0 Å². The van der Waals surface area contributed by atoms with Crippen LogP contribution in [0.4, 0.5) is 0 Å². The predicted molar refractivity (Wildman–Crippen MR) is 74.0 cm³/mol. The van der Waals surface area contributed by atoms with E-state index in [0.29, 0.717) is 5.88 Å². The highest BCUT2D eigenvalue weighted by Gasteiger charge is 2.49. The van der Waals surface area contributed by atoms with Crippen LogP contribution in [-0.2, 0) is 0 Å². The van der Waals surface area contributed by atoms with Gasteiger partial charge in [0.05, 0.1) is 9.70 Å². The minimum atomic E-state index is -0.257. The molecule has 0 spiro atoms. The fourth-order valence-corrected chi connectivity index (χ4v) is 4.15. The van der Waals surface area contributed by atoms with Crippen molar-refractivity contribution in [1.82, 2.24) is 0 Å². The van der Waals surface area contributed by atoms with Crippen LogP contribution >= 0.6 is 62.3 Å². The molecule has 0 bridgehead atoms. The van der Waals surface area contributed by atoms with Crippen LogP contribution in [0.1, 0.15) is 19.8 Å². The van der Waals surface area contributed by atoms with Crippen molar-refractivity contribution < 1.29 is 0 Å². The number of alkyl halides is 4. The maximum absolute atomic E-state index is 6.32. The first-order valence-electron chi connectivity index (χ1n) is 4.69. The van der Waals surface area contributed by atoms with Gasteiger partial charge >= 0.3 is 0 Å². The molecule has 5 heteroatoms. The van der Waals surface area contributed by atoms with Gasteiger partial charge in [-0.2, -0.15) is 0 Å². The Bertz CT molecular complexity index is 258. The minimum Gasteiger partial charge on any atom is -0.125 e. The first-order chi connectivity index (χ1) is 6.88. The second kappa shape index (κ2) is 5.35. The van der Waals surface area contributed by atoms with E-state index >= 15 is 0 Å². The van der Waals surface area contributed by atoms with Crippen molar-refractivity contribution in [2.45, 2.75) is 34.8 Å². The molecule has 0 amide bonds. The van der Waals surface area contributed by atoms with Gasteiger partial charge in [-0.3, -0.25) is 0 Å². The summed E-state index contributed by atoms with van der Waals surface area (Å²) in [6.45, 7) is 2.08. The largest absolute Gasteiger partial charge is 0.125 e. The third kappa shape index (κ3) is 2.98. The van der Waals surface area contributed by atoms with Gasteiger partial charge in [0.2, 0.25) is 0 Å². The van der Waals surface area contributed by atoms with Crippen molar-refractivity contribution in [3.63, 3.8) is 0 Å². The normalized spacial score (nSPS) is 47.3. The molecule has 4 atom stereocenters. The topological polar surface area (TPSA) is 0 Å². The molecule has 88 valence electrons. The summed E-state index contributed by atoms with van der Waals surface area (Å²) in [4.78, 5) is 0. The van der Waals surface area contributed by atoms with Crippen molar-refractivity contribution in [3.8, 4) is 0 Å². The Morgan fingerprint density at radius 1 is 1.40 bits per heavy atom. The first-order valence-corrected chi connectivity index (χ1v) is 7.32. The van der Waals surface area contributed by atoms with E-state index in [1.165, 1.54) is 5.54 Å². The summed E-state index contributed by atoms with van der Waals surface area (Å²) in [6, 6.07) is 0. The Morgan fingerprint density at radius 2 is 2.00 bits per heavy atom. The van der Waals surface area contributed by atoms with Crippen LogP contribution in [-0.4, -0.2) is 21.0 Å². The molecule has 0 aromatic carbocycles. The summed E-state index contributed by atoms with van der Waals surface area (Å²) in [5, 5.41) is -0.0572. The average Bonchev–Trinajstić information content (AvgIpc) is 2.15. The number of hydrogen-bond acceptors (Lipinski definition) is 0. The molecule has 0 heterocycles. The lowest BCUT2D eigenvalue weighted by Gasteiger charge is -2.46. The van der Waals surface area contributed by atoms with Gasteiger partial charge in [0.25, 0.3) is 0 Å². The molecule has 0 aliphatic heterocycles. The highest BCUT2D eigenvalue weighted by Crippen LogP contribution is 2.51. The van der Waals surface area contributed by atoms with Gasteiger partial charge in [-0.05, 0) is 12.8 Å². The van der Waals surface area contributed by atoms with Gasteiger partial charge in [-0.15, -0.1) is 34.8 Å². The summed E-state index contributed by atoms with van der Waals surface area (Å²) in [5.74, 6) is 0.469. The predicted octanol–water partition coefficient (Wildman–Crippen LogP) is 5.13. The van der Waals surface area contributed by atoms with Crippen molar-refractivity contribution in [3.05, 3.63) is 11.6 Å². The number of rotatable bonds is 2. The van der Waals surface area contributed by atoms with Gasteiger partial charge in [0, 0.05) is 22.2 Å². The molecule has 15 heavy (non-hydrogen) atoms. The molecule has 0 saturated heterocycles. The second-order valence-corrected chi connectivity index (χ2v) is 7.47. The van der Waals surface area contributed by atoms with E-state index < -0.39 is 0 Å². The van der Waals surface area contributed by atoms with Gasteiger partial charge in [0.15, 0.2) is 0 Å². The maximum Gasteiger partial charge on any atom is 0.0565 e. The molecule has 0 aromatic heterocycles. The lowest BCUT2D eigenvalue weighted by molar-refractivity contribution is 0.263. The average molecular weight is 355 g/mol. The van der Waals surface area contributed by atoms with Crippen molar-refractivity contribution >= 4 is 62.3 Å². The Kier molecular flexibility index (Phi) is 5.15. The SMILES string of the molecule is CC1(C=CCl)CC(Br)(CCl)C(Cl)CC1Cl. The quantitative estimate of drug-likeness (QED) is 0.603. The zero-order valence-electron chi connectivity index (χ0n) is 8.32. The fourth-order valence-electron chi connectivity index (χ4n) is 1.96. The first kappa shape index (κ1) is 14.4. The van der Waals surface area contributed by atoms with E-state index in [1.54, 1.807) is 0 Å². The molecule has 1 aliphatic rings. The molecule has 1 aliphatic carbocycles. The molecular weight excluding hydrogens is 342 g/mol. The smallest absolute Gasteiger partial charge is 0.0565 e. The van der Waals surface area contributed by atoms with Crippen LogP contribution in [0.5, 0.6) is 0 Å². The van der Waals surface area contributed by atoms with Gasteiger partial charge in [0.1, 0.15) is 0 Å². The van der Waals surface area contributed by atoms with E-state index in [2.05, 4.69) is 22.9 Å². The van der Waals surface area contributed by atoms with Crippen LogP contribution in [0.15, 0.2) is 11.6 Å². The van der Waals surface area contributed by atoms with Crippen molar-refractivity contribution in [2.75, 3.05) is 5.88 Å². The molecule has 1 saturated carbocycles. The molecule has 1 fully saturated rings. The summed E-state index contributed by atoms with van der Waals surface area (Å²) in [6.07, 6.45) is 3.44. The number of halogens is 5. The Labute approximate surface area is 119 Å². The van der Waals surface area contributed by atoms with E-state index in [9.17, 15) is 0 Å². The van der Waals surface area contributed by atoms with Gasteiger partial charge in [-0.25, -0.2) is 0 Å². The van der Waals surface area contributed by atoms with Gasteiger partial charge < -0.3 is 0 Å². The Balaban J connectivity index is 2.94. The van der Waals surface area contributed by atoms with Crippen molar-refractivity contribution in [2.24, 2.45) is 5.41 Å². The molecule has 0 aromatic rings. The van der Waals surface area contributed by atoms with E-state index in [-0.39, 0.29) is 20.5 Å². The lowest BCUT2D eigenvalue weighted by Crippen LogP contribution is -2.49. The van der Waals surface area contributed by atoms with Crippen LogP contribution < -0.4 is 0 Å². The van der Waals surface area contributed by atoms with E-state index in [0.717, 1.165) is 12.8 Å². The number of hydrogen-bond donors (Lipinski definition) is 0. The molecule has 4 unspecified atom stereocenters. The minimum absolute atomic E-state index is 0.0103. The van der Waals surface area contributed by atoms with Crippen LogP contribution in [0.3, 0.4) is 0 Å². The molecule has 0 N–H and O–H groups in total. The summed E-state index contributed by atoms with van der Waals surface area (Å²) in [5.41, 5.74) is 1.36. The summed E-state index contributed by atoms with van der Waals surface area (Å²) >= 11 is 27.8. The van der Waals surface area contributed by atoms with E-state index in [4.69, 9.17) is 46.4 Å². The van der Waals surface area contributed by atoms with Crippen LogP contribution in [0.2, 0.25) is 0 Å². The number of allylic oxidation sites excluding steroid dienone is 1. The maximum atomic E-state index is 6.32. The molecular formula is C10H13BrCl4. The summed E-state index contributed by atoms with van der Waals surface area (Å²) in [7, 11) is 0. The Morgan fingerprint density at radius 3 is 2.47 bits per heavy atom. The fraction of sp³-hybridized carbons (Fsp3) is 0.800. The lowest BCUT2D eigenvalue weighted by atomic mass is 9.70. The standard InChI is InChI=1S/C10H13BrCl4/c1-9(2-3-12)5-10(11,6-13)8(15)4-7(9)14/h2-3,7-8H,4-6H2,1H3. The third-order valence-corrected chi connectivity index (χ3v) is 6.61. The molecule has 0 radical (unpaired) electrons. The monoisotopic (exact) mass is 352 g/mol. The zero-order chi connectivity index (χ0) is 11.7. The molecule has 0 nitrogen and oxygen atoms in total. The third-order valence-electron chi connectivity index (χ3n) is 3.03. The Hall–Kier alpha value is 1.38. The second-order valence-electron chi connectivity index (χ2n) is 4.31. The van der Waals surface area contributed by atoms with E-state index in [1.807, 2.05) is 6.08 Å². The highest BCUT2D eigenvalue weighted by atomic mass is 79.9. The van der Waals surface area contributed by atoms with Crippen LogP contribution in [0.25, 0.3) is 0 Å². The zero-order valence-corrected chi connectivity index (χ0v) is 12.9.